The first kappa shape index (κ1) is 21.7. The first-order valence-corrected chi connectivity index (χ1v) is 7.72. The number of hydrogen-bond acceptors (Lipinski definition) is 4. The Kier molecular flexibility index (Phi) is 7.81. The van der Waals surface area contributed by atoms with E-state index in [1.165, 1.54) is 13.2 Å². The number of nitrogens with one attached hydrogen (secondary N) is 1. The largest absolute Gasteiger partial charge is 0.542 e. The number of piperidine rings is 1. The molecule has 6 nitrogen and oxygen atoms in total. The average Bonchev–Trinajstić information content (AvgIpc) is 2.56. The van der Waals surface area contributed by atoms with Gasteiger partial charge in [0.15, 0.2) is 0 Å². The number of quaternary nitrogens is 1. The molecule has 1 heterocycles. The van der Waals surface area contributed by atoms with Crippen LogP contribution >= 0.6 is 0 Å². The van der Waals surface area contributed by atoms with Gasteiger partial charge in [0.2, 0.25) is 0 Å². The lowest BCUT2D eigenvalue weighted by Gasteiger charge is -2.28. The number of carbonyl (C=O) groups excluding carboxylic acids is 1. The number of aliphatic carboxylic acids is 2. The number of benzene rings is 1. The van der Waals surface area contributed by atoms with Crippen LogP contribution in [0.5, 0.6) is 5.75 Å². The number of halogens is 4. The Bertz CT molecular complexity index is 636. The van der Waals surface area contributed by atoms with Crippen LogP contribution in [0, 0.1) is 11.7 Å². The summed E-state index contributed by atoms with van der Waals surface area (Å²) in [5, 5.41) is 17.9. The monoisotopic (exact) mass is 381 g/mol. The molecule has 0 aliphatic carbocycles. The smallest absolute Gasteiger partial charge is 0.430 e. The summed E-state index contributed by atoms with van der Waals surface area (Å²) in [6, 6.07) is 4.76. The fourth-order valence-electron chi connectivity index (χ4n) is 2.67. The van der Waals surface area contributed by atoms with Gasteiger partial charge in [-0.1, -0.05) is 6.07 Å². The van der Waals surface area contributed by atoms with E-state index in [-0.39, 0.29) is 11.7 Å². The Labute approximate surface area is 147 Å². The number of likely N-dealkylation sites (tertiary alicyclic amines) is 1. The van der Waals surface area contributed by atoms with Crippen molar-refractivity contribution < 1.29 is 47.0 Å². The lowest BCUT2D eigenvalue weighted by atomic mass is 9.98. The molecule has 0 bridgehead atoms. The van der Waals surface area contributed by atoms with Gasteiger partial charge in [0, 0.05) is 0 Å². The van der Waals surface area contributed by atoms with E-state index in [9.17, 15) is 22.4 Å². The van der Waals surface area contributed by atoms with Crippen LogP contribution in [0.2, 0.25) is 0 Å². The van der Waals surface area contributed by atoms with E-state index >= 15 is 0 Å². The number of hydrogen-bond donors (Lipinski definition) is 2. The van der Waals surface area contributed by atoms with Crippen molar-refractivity contribution in [2.45, 2.75) is 25.6 Å². The maximum atomic E-state index is 13.8. The van der Waals surface area contributed by atoms with Crippen LogP contribution in [0.3, 0.4) is 0 Å². The van der Waals surface area contributed by atoms with Gasteiger partial charge in [-0.05, 0) is 25.0 Å². The molecule has 1 aliphatic heterocycles. The zero-order valence-corrected chi connectivity index (χ0v) is 13.9. The summed E-state index contributed by atoms with van der Waals surface area (Å²) in [6.45, 7) is 1.90. The Balaban J connectivity index is 0.000000412. The zero-order valence-electron chi connectivity index (χ0n) is 13.9. The molecule has 1 saturated heterocycles. The van der Waals surface area contributed by atoms with E-state index in [1.807, 2.05) is 0 Å². The number of rotatable bonds is 4. The topological polar surface area (TPSA) is 91.1 Å². The minimum Gasteiger partial charge on any atom is -0.542 e. The first-order chi connectivity index (χ1) is 12.1. The third-order valence-electron chi connectivity index (χ3n) is 3.92. The van der Waals surface area contributed by atoms with Crippen LogP contribution in [0.1, 0.15) is 18.4 Å². The van der Waals surface area contributed by atoms with Crippen LogP contribution in [0.4, 0.5) is 17.6 Å². The Morgan fingerprint density at radius 1 is 1.38 bits per heavy atom. The fraction of sp³-hybridized carbons (Fsp3) is 0.500. The predicted molar refractivity (Wildman–Crippen MR) is 78.8 cm³/mol. The van der Waals surface area contributed by atoms with Crippen LogP contribution in [0.15, 0.2) is 18.2 Å². The summed E-state index contributed by atoms with van der Waals surface area (Å²) >= 11 is 0. The number of carbonyl (C=O) groups is 2. The molecule has 1 fully saturated rings. The van der Waals surface area contributed by atoms with Crippen LogP contribution in [0.25, 0.3) is 0 Å². The molecule has 2 N–H and O–H groups in total. The van der Waals surface area contributed by atoms with Crippen molar-refractivity contribution >= 4 is 11.9 Å². The molecule has 0 aromatic heterocycles. The lowest BCUT2D eigenvalue weighted by molar-refractivity contribution is -0.921. The summed E-state index contributed by atoms with van der Waals surface area (Å²) in [6.07, 6.45) is -3.61. The van der Waals surface area contributed by atoms with Gasteiger partial charge in [0.1, 0.15) is 30.0 Å². The Morgan fingerprint density at radius 2 is 2.00 bits per heavy atom. The van der Waals surface area contributed by atoms with Gasteiger partial charge >= 0.3 is 12.1 Å². The van der Waals surface area contributed by atoms with Crippen LogP contribution < -0.4 is 14.7 Å². The number of methoxy groups -OCH3 is 1. The van der Waals surface area contributed by atoms with Gasteiger partial charge in [-0.3, -0.25) is 4.79 Å². The van der Waals surface area contributed by atoms with Crippen molar-refractivity contribution in [3.8, 4) is 5.75 Å². The molecule has 2 atom stereocenters. The molecule has 1 aliphatic rings. The van der Waals surface area contributed by atoms with Gasteiger partial charge in [0.05, 0.1) is 25.8 Å². The molecule has 1 aromatic rings. The summed E-state index contributed by atoms with van der Waals surface area (Å²) in [4.78, 5) is 20.9. The summed E-state index contributed by atoms with van der Waals surface area (Å²) in [5.74, 6) is -3.83. The van der Waals surface area contributed by atoms with Crippen LogP contribution in [-0.4, -0.2) is 43.4 Å². The summed E-state index contributed by atoms with van der Waals surface area (Å²) in [7, 11) is 1.52. The van der Waals surface area contributed by atoms with Gasteiger partial charge in [0.25, 0.3) is 0 Å². The Hall–Kier alpha value is -2.36. The van der Waals surface area contributed by atoms with E-state index < -0.39 is 18.1 Å². The molecule has 10 heteroatoms. The number of carboxylic acids is 2. The van der Waals surface area contributed by atoms with E-state index in [2.05, 4.69) is 0 Å². The second-order valence-corrected chi connectivity index (χ2v) is 5.76. The predicted octanol–water partition coefficient (Wildman–Crippen LogP) is 0.0124. The zero-order chi connectivity index (χ0) is 19.9. The third kappa shape index (κ3) is 6.51. The second kappa shape index (κ2) is 9.37. The maximum absolute atomic E-state index is 13.8. The van der Waals surface area contributed by atoms with Crippen molar-refractivity contribution in [3.63, 3.8) is 0 Å². The van der Waals surface area contributed by atoms with E-state index in [1.54, 1.807) is 12.1 Å². The molecular formula is C16H19F4NO5. The van der Waals surface area contributed by atoms with Crippen molar-refractivity contribution in [1.82, 2.24) is 0 Å². The number of ether oxygens (including phenoxy) is 1. The molecule has 0 radical (unpaired) electrons. The van der Waals surface area contributed by atoms with Crippen molar-refractivity contribution in [2.24, 2.45) is 5.92 Å². The normalized spacial score (nSPS) is 19.9. The minimum absolute atomic E-state index is 0.288. The van der Waals surface area contributed by atoms with Crippen LogP contribution in [-0.2, 0) is 16.1 Å². The van der Waals surface area contributed by atoms with Gasteiger partial charge < -0.3 is 24.6 Å². The molecule has 2 unspecified atom stereocenters. The molecule has 1 aromatic carbocycles. The van der Waals surface area contributed by atoms with Crippen molar-refractivity contribution in [1.29, 1.82) is 0 Å². The van der Waals surface area contributed by atoms with Crippen molar-refractivity contribution in [3.05, 3.63) is 29.6 Å². The molecule has 2 rings (SSSR count). The standard InChI is InChI=1S/C14H18FNO3.C2HF3O2/c1-19-13-6-2-5-12(15)11(13)9-16-7-3-4-10(8-16)14(17)18;3-2(4,5)1(6)7/h2,5-6,10H,3-4,7-9H2,1H3,(H,17,18);(H,6,7). The second-order valence-electron chi connectivity index (χ2n) is 5.76. The van der Waals surface area contributed by atoms with Gasteiger partial charge in [-0.2, -0.15) is 13.2 Å². The first-order valence-electron chi connectivity index (χ1n) is 7.72. The molecule has 146 valence electrons. The average molecular weight is 381 g/mol. The third-order valence-corrected chi connectivity index (χ3v) is 3.92. The molecule has 26 heavy (non-hydrogen) atoms. The molecular weight excluding hydrogens is 362 g/mol. The lowest BCUT2D eigenvalue weighted by Crippen LogP contribution is -3.12. The fourth-order valence-corrected chi connectivity index (χ4v) is 2.67. The highest BCUT2D eigenvalue weighted by Gasteiger charge is 2.30. The number of carboxylic acid groups (broad SMARTS) is 2. The highest BCUT2D eigenvalue weighted by atomic mass is 19.4. The molecule has 0 saturated carbocycles. The highest BCUT2D eigenvalue weighted by molar-refractivity contribution is 5.70. The summed E-state index contributed by atoms with van der Waals surface area (Å²) in [5.41, 5.74) is 0.533. The van der Waals surface area contributed by atoms with E-state index in [0.29, 0.717) is 30.8 Å². The number of alkyl halides is 3. The highest BCUT2D eigenvalue weighted by Crippen LogP contribution is 2.20. The van der Waals surface area contributed by atoms with E-state index in [0.717, 1.165) is 17.9 Å². The SMILES string of the molecule is COc1cccc(F)c1C[NH+]1CCCC(C(=O)O)C1.O=C([O-])C(F)(F)F. The van der Waals surface area contributed by atoms with Gasteiger partial charge in [-0.25, -0.2) is 4.39 Å². The van der Waals surface area contributed by atoms with E-state index in [4.69, 9.17) is 19.7 Å². The minimum atomic E-state index is -5.19. The quantitative estimate of drug-likeness (QED) is 0.718. The maximum Gasteiger partial charge on any atom is 0.430 e. The molecule has 0 spiro atoms. The van der Waals surface area contributed by atoms with Gasteiger partial charge in [-0.15, -0.1) is 0 Å². The summed E-state index contributed by atoms with van der Waals surface area (Å²) < 4.78 is 50.6. The van der Waals surface area contributed by atoms with Crippen molar-refractivity contribution in [2.75, 3.05) is 20.2 Å². The molecule has 0 amide bonds. The Morgan fingerprint density at radius 3 is 2.50 bits per heavy atom.